The Labute approximate surface area is 150 Å². The summed E-state index contributed by atoms with van der Waals surface area (Å²) in [4.78, 5) is 26.1. The lowest BCUT2D eigenvalue weighted by Gasteiger charge is -2.44. The average molecular weight is 390 g/mol. The normalized spacial score (nSPS) is 39.5. The minimum absolute atomic E-state index is 0.0368. The highest BCUT2D eigenvalue weighted by atomic mass is 32.3. The van der Waals surface area contributed by atoms with Crippen LogP contribution in [0.5, 0.6) is 0 Å². The first-order valence-corrected chi connectivity index (χ1v) is 10.1. The zero-order valence-corrected chi connectivity index (χ0v) is 14.9. The summed E-state index contributed by atoms with van der Waals surface area (Å²) in [5.41, 5.74) is 3.99. The largest absolute Gasteiger partial charge is 0.418 e. The van der Waals surface area contributed by atoms with E-state index in [4.69, 9.17) is 15.0 Å². The van der Waals surface area contributed by atoms with Crippen LogP contribution >= 0.6 is 0 Å². The van der Waals surface area contributed by atoms with Crippen molar-refractivity contribution in [2.75, 3.05) is 6.54 Å². The predicted octanol–water partition coefficient (Wildman–Crippen LogP) is -0.898. The molecular formula is C14H22N4O7S. The monoisotopic (exact) mass is 390 g/mol. The van der Waals surface area contributed by atoms with Crippen molar-refractivity contribution in [3.63, 3.8) is 0 Å². The number of amides is 3. The van der Waals surface area contributed by atoms with Gasteiger partial charge in [0, 0.05) is 25.0 Å². The highest BCUT2D eigenvalue weighted by molar-refractivity contribution is 7.80. The quantitative estimate of drug-likeness (QED) is 0.511. The van der Waals surface area contributed by atoms with Crippen LogP contribution in [0.25, 0.3) is 0 Å². The van der Waals surface area contributed by atoms with Gasteiger partial charge in [-0.1, -0.05) is 0 Å². The Hall–Kier alpha value is -1.47. The molecule has 4 atom stereocenters. The molecule has 0 aromatic carbocycles. The van der Waals surface area contributed by atoms with E-state index < -0.39 is 34.1 Å². The summed E-state index contributed by atoms with van der Waals surface area (Å²) < 4.78 is 41.4. The van der Waals surface area contributed by atoms with Crippen LogP contribution in [0.4, 0.5) is 4.79 Å². The molecular weight excluding hydrogens is 368 g/mol. The number of urea groups is 1. The van der Waals surface area contributed by atoms with E-state index in [9.17, 15) is 18.0 Å². The van der Waals surface area contributed by atoms with Gasteiger partial charge in [-0.2, -0.15) is 13.5 Å². The Morgan fingerprint density at radius 3 is 2.50 bits per heavy atom. The second-order valence-electron chi connectivity index (χ2n) is 7.41. The van der Waals surface area contributed by atoms with E-state index in [1.165, 1.54) is 0 Å². The van der Waals surface area contributed by atoms with E-state index in [2.05, 4.69) is 9.60 Å². The lowest BCUT2D eigenvalue weighted by molar-refractivity contribution is -0.194. The van der Waals surface area contributed by atoms with Crippen LogP contribution in [0.3, 0.4) is 0 Å². The van der Waals surface area contributed by atoms with Crippen molar-refractivity contribution in [2.45, 2.75) is 68.5 Å². The minimum Gasteiger partial charge on any atom is -0.365 e. The predicted molar refractivity (Wildman–Crippen MR) is 85.6 cm³/mol. The van der Waals surface area contributed by atoms with E-state index in [-0.39, 0.29) is 25.5 Å². The first-order chi connectivity index (χ1) is 12.2. The number of nitrogens with zero attached hydrogens (tertiary/aromatic N) is 2. The summed E-state index contributed by atoms with van der Waals surface area (Å²) in [6.07, 6.45) is 3.73. The first-order valence-electron chi connectivity index (χ1n) is 8.69. The van der Waals surface area contributed by atoms with Crippen LogP contribution in [0.15, 0.2) is 0 Å². The van der Waals surface area contributed by atoms with E-state index in [1.54, 1.807) is 0 Å². The summed E-state index contributed by atoms with van der Waals surface area (Å²) in [6, 6.07) is -0.812. The number of nitrogens with one attached hydrogen (secondary N) is 1. The van der Waals surface area contributed by atoms with Gasteiger partial charge in [-0.05, 0) is 32.1 Å². The third kappa shape index (κ3) is 2.95. The number of carbonyl (C=O) groups excluding carboxylic acids is 2. The van der Waals surface area contributed by atoms with Crippen molar-refractivity contribution in [3.8, 4) is 0 Å². The molecule has 4 aliphatic rings. The van der Waals surface area contributed by atoms with Crippen molar-refractivity contribution >= 4 is 22.3 Å². The Balaban J connectivity index is 1.57. The maximum absolute atomic E-state index is 12.6. The third-order valence-electron chi connectivity index (χ3n) is 5.75. The van der Waals surface area contributed by atoms with Crippen LogP contribution in [-0.4, -0.2) is 71.4 Å². The molecule has 0 aromatic rings. The molecule has 4 bridgehead atoms. The summed E-state index contributed by atoms with van der Waals surface area (Å²) in [5.74, 6) is -0.788. The van der Waals surface area contributed by atoms with Gasteiger partial charge in [0.2, 0.25) is 5.72 Å². The maximum atomic E-state index is 12.6. The minimum atomic E-state index is -4.86. The molecule has 4 N–H and O–H groups in total. The van der Waals surface area contributed by atoms with Crippen molar-refractivity contribution in [1.29, 1.82) is 0 Å². The first kappa shape index (κ1) is 17.9. The van der Waals surface area contributed by atoms with E-state index in [0.717, 1.165) is 30.6 Å². The number of nitrogens with two attached hydrogens (primary N) is 1. The average Bonchev–Trinajstić information content (AvgIpc) is 3.01. The molecule has 0 saturated carbocycles. The zero-order chi connectivity index (χ0) is 18.7. The van der Waals surface area contributed by atoms with Crippen LogP contribution < -0.4 is 11.1 Å². The molecule has 4 unspecified atom stereocenters. The second kappa shape index (κ2) is 6.02. The molecule has 4 heterocycles. The van der Waals surface area contributed by atoms with Crippen molar-refractivity contribution in [1.82, 2.24) is 15.3 Å². The van der Waals surface area contributed by atoms with Gasteiger partial charge in [-0.25, -0.2) is 4.79 Å². The van der Waals surface area contributed by atoms with Gasteiger partial charge in [0.1, 0.15) is 0 Å². The van der Waals surface area contributed by atoms with Gasteiger partial charge < -0.3 is 15.8 Å². The van der Waals surface area contributed by atoms with Crippen LogP contribution in [0.1, 0.15) is 38.5 Å². The van der Waals surface area contributed by atoms with E-state index in [1.807, 2.05) is 0 Å². The third-order valence-corrected chi connectivity index (χ3v) is 6.10. The summed E-state index contributed by atoms with van der Waals surface area (Å²) in [7, 11) is -4.86. The van der Waals surface area contributed by atoms with Crippen LogP contribution in [0.2, 0.25) is 0 Å². The highest BCUT2D eigenvalue weighted by Gasteiger charge is 2.59. The molecule has 3 amide bonds. The molecule has 0 spiro atoms. The maximum Gasteiger partial charge on any atom is 0.418 e. The number of carbonyl (C=O) groups is 2. The number of hydrogen-bond acceptors (Lipinski definition) is 7. The van der Waals surface area contributed by atoms with Crippen LogP contribution in [0, 0.1) is 0 Å². The van der Waals surface area contributed by atoms with Gasteiger partial charge in [0.15, 0.2) is 0 Å². The van der Waals surface area contributed by atoms with Crippen LogP contribution in [-0.2, 0) is 24.2 Å². The molecule has 0 aliphatic carbocycles. The van der Waals surface area contributed by atoms with Gasteiger partial charge in [0.25, 0.3) is 5.91 Å². The number of hydrogen-bond donors (Lipinski definition) is 3. The topological polar surface area (TPSA) is 151 Å². The van der Waals surface area contributed by atoms with Crippen molar-refractivity contribution in [2.24, 2.45) is 5.73 Å². The molecule has 26 heavy (non-hydrogen) atoms. The zero-order valence-electron chi connectivity index (χ0n) is 14.0. The Morgan fingerprint density at radius 2 is 1.92 bits per heavy atom. The second-order valence-corrected chi connectivity index (χ2v) is 8.42. The van der Waals surface area contributed by atoms with Gasteiger partial charge in [0.05, 0.1) is 12.1 Å². The van der Waals surface area contributed by atoms with Gasteiger partial charge in [-0.3, -0.25) is 14.2 Å². The molecule has 12 heteroatoms. The molecule has 0 radical (unpaired) electrons. The number of piperidine rings is 2. The number of rotatable bonds is 5. The number of ether oxygens (including phenoxy) is 1. The van der Waals surface area contributed by atoms with Gasteiger partial charge >= 0.3 is 16.4 Å². The number of primary amides is 1. The summed E-state index contributed by atoms with van der Waals surface area (Å²) >= 11 is 0. The van der Waals surface area contributed by atoms with E-state index >= 15 is 0 Å². The Morgan fingerprint density at radius 1 is 1.27 bits per heavy atom. The summed E-state index contributed by atoms with van der Waals surface area (Å²) in [5, 5.41) is 4.05. The SMILES string of the molecule is NC(=O)C1(OC2CC3CCC(C2)N3)CCC2CN1C(=O)N2OS(=O)(=O)O. The lowest BCUT2D eigenvalue weighted by Crippen LogP contribution is -2.63. The Bertz CT molecular complexity index is 719. The highest BCUT2D eigenvalue weighted by Crippen LogP contribution is 2.41. The molecule has 146 valence electrons. The lowest BCUT2D eigenvalue weighted by atomic mass is 9.94. The molecule has 4 rings (SSSR count). The molecule has 4 saturated heterocycles. The molecule has 4 aliphatic heterocycles. The Kier molecular flexibility index (Phi) is 4.15. The number of fused-ring (bicyclic) bond motifs is 4. The number of hydroxylamine groups is 2. The van der Waals surface area contributed by atoms with Gasteiger partial charge in [-0.15, -0.1) is 4.28 Å². The molecule has 4 fully saturated rings. The fourth-order valence-electron chi connectivity index (χ4n) is 4.65. The van der Waals surface area contributed by atoms with Crippen molar-refractivity contribution < 1.29 is 31.6 Å². The van der Waals surface area contributed by atoms with E-state index in [0.29, 0.717) is 17.1 Å². The smallest absolute Gasteiger partial charge is 0.365 e. The van der Waals surface area contributed by atoms with Crippen molar-refractivity contribution in [3.05, 3.63) is 0 Å². The standard InChI is InChI=1S/C14H22N4O7S/c15-12(19)14(24-11-5-8-1-2-9(6-11)16-8)4-3-10-7-17(14)13(20)18(10)25-26(21,22)23/h8-11,16H,1-7H2,(H2,15,19)(H,21,22,23). The fraction of sp³-hybridized carbons (Fsp3) is 0.857. The molecule has 11 nitrogen and oxygen atoms in total. The fourth-order valence-corrected chi connectivity index (χ4v) is 5.04. The summed E-state index contributed by atoms with van der Waals surface area (Å²) in [6.45, 7) is 0.0368. The molecule has 0 aromatic heterocycles.